The molecular formula is C19H29N3. The zero-order valence-electron chi connectivity index (χ0n) is 14.3. The van der Waals surface area contributed by atoms with Gasteiger partial charge in [0.25, 0.3) is 0 Å². The molecule has 3 nitrogen and oxygen atoms in total. The average Bonchev–Trinajstić information content (AvgIpc) is 2.54. The van der Waals surface area contributed by atoms with Gasteiger partial charge in [-0.25, -0.2) is 4.98 Å². The zero-order chi connectivity index (χ0) is 15.8. The molecule has 0 radical (unpaired) electrons. The van der Waals surface area contributed by atoms with Gasteiger partial charge in [-0.3, -0.25) is 4.90 Å². The summed E-state index contributed by atoms with van der Waals surface area (Å²) >= 11 is 0. The second-order valence-electron chi connectivity index (χ2n) is 6.35. The summed E-state index contributed by atoms with van der Waals surface area (Å²) in [6, 6.07) is 6.14. The topological polar surface area (TPSA) is 19.4 Å². The van der Waals surface area contributed by atoms with Gasteiger partial charge in [-0.1, -0.05) is 29.4 Å². The van der Waals surface area contributed by atoms with Crippen molar-refractivity contribution in [2.45, 2.75) is 33.6 Å². The maximum Gasteiger partial charge on any atom is 0.128 e. The summed E-state index contributed by atoms with van der Waals surface area (Å²) in [4.78, 5) is 9.35. The Hall–Kier alpha value is -1.61. The third-order valence-corrected chi connectivity index (χ3v) is 4.13. The number of anilines is 1. The second-order valence-corrected chi connectivity index (χ2v) is 6.35. The average molecular weight is 299 g/mol. The Morgan fingerprint density at radius 3 is 2.50 bits per heavy atom. The minimum absolute atomic E-state index is 1.07. The van der Waals surface area contributed by atoms with Gasteiger partial charge in [0.2, 0.25) is 0 Å². The molecule has 1 aromatic heterocycles. The first-order valence-corrected chi connectivity index (χ1v) is 8.32. The van der Waals surface area contributed by atoms with Crippen LogP contribution in [-0.2, 0) is 0 Å². The molecule has 1 aliphatic heterocycles. The fraction of sp³-hybridized carbons (Fsp3) is 0.526. The van der Waals surface area contributed by atoms with Crippen LogP contribution >= 0.6 is 0 Å². The largest absolute Gasteiger partial charge is 0.354 e. The first-order valence-electron chi connectivity index (χ1n) is 8.32. The lowest BCUT2D eigenvalue weighted by Crippen LogP contribution is -2.46. The molecule has 0 atom stereocenters. The highest BCUT2D eigenvalue weighted by atomic mass is 15.3. The molecule has 2 rings (SSSR count). The first kappa shape index (κ1) is 16.8. The number of hydrogen-bond acceptors (Lipinski definition) is 3. The van der Waals surface area contributed by atoms with Crippen molar-refractivity contribution in [1.29, 1.82) is 0 Å². The van der Waals surface area contributed by atoms with Gasteiger partial charge < -0.3 is 4.90 Å². The van der Waals surface area contributed by atoms with E-state index in [1.54, 1.807) is 0 Å². The van der Waals surface area contributed by atoms with Crippen LogP contribution in [0.5, 0.6) is 0 Å². The maximum atomic E-state index is 4.44. The molecule has 0 aromatic carbocycles. The first-order chi connectivity index (χ1) is 10.6. The van der Waals surface area contributed by atoms with Crippen molar-refractivity contribution in [2.24, 2.45) is 0 Å². The molecule has 1 aliphatic rings. The van der Waals surface area contributed by atoms with E-state index in [4.69, 9.17) is 0 Å². The summed E-state index contributed by atoms with van der Waals surface area (Å²) in [6.07, 6.45) is 8.94. The van der Waals surface area contributed by atoms with Gasteiger partial charge in [0, 0.05) is 38.9 Å². The van der Waals surface area contributed by atoms with Crippen molar-refractivity contribution < 1.29 is 0 Å². The molecule has 3 heteroatoms. The summed E-state index contributed by atoms with van der Waals surface area (Å²) in [6.45, 7) is 12.0. The highest BCUT2D eigenvalue weighted by Crippen LogP contribution is 2.13. The Kier molecular flexibility index (Phi) is 6.66. The quantitative estimate of drug-likeness (QED) is 0.743. The van der Waals surface area contributed by atoms with Gasteiger partial charge in [0.05, 0.1) is 0 Å². The van der Waals surface area contributed by atoms with Crippen LogP contribution in [0.15, 0.2) is 47.7 Å². The fourth-order valence-corrected chi connectivity index (χ4v) is 2.68. The SMILES string of the molecule is CC(C)=CCCC(C)=CCN1CCN(c2ccccn2)CC1. The van der Waals surface area contributed by atoms with Crippen LogP contribution in [0.2, 0.25) is 0 Å². The molecule has 0 spiro atoms. The van der Waals surface area contributed by atoms with E-state index in [0.717, 1.165) is 45.0 Å². The summed E-state index contributed by atoms with van der Waals surface area (Å²) < 4.78 is 0. The highest BCUT2D eigenvalue weighted by molar-refractivity contribution is 5.38. The van der Waals surface area contributed by atoms with Crippen LogP contribution in [0.4, 0.5) is 5.82 Å². The van der Waals surface area contributed by atoms with Crippen molar-refractivity contribution in [3.8, 4) is 0 Å². The van der Waals surface area contributed by atoms with Crippen molar-refractivity contribution in [1.82, 2.24) is 9.88 Å². The lowest BCUT2D eigenvalue weighted by Gasteiger charge is -2.34. The van der Waals surface area contributed by atoms with E-state index < -0.39 is 0 Å². The van der Waals surface area contributed by atoms with Crippen LogP contribution < -0.4 is 4.90 Å². The Morgan fingerprint density at radius 1 is 1.09 bits per heavy atom. The summed E-state index contributed by atoms with van der Waals surface area (Å²) in [7, 11) is 0. The Bertz CT molecular complexity index is 493. The molecule has 0 unspecified atom stereocenters. The van der Waals surface area contributed by atoms with Gasteiger partial charge in [-0.05, 0) is 45.7 Å². The second kappa shape index (κ2) is 8.74. The molecule has 1 fully saturated rings. The number of hydrogen-bond donors (Lipinski definition) is 0. The molecule has 22 heavy (non-hydrogen) atoms. The minimum Gasteiger partial charge on any atom is -0.354 e. The van der Waals surface area contributed by atoms with Crippen molar-refractivity contribution in [3.05, 3.63) is 47.7 Å². The number of aromatic nitrogens is 1. The van der Waals surface area contributed by atoms with E-state index in [2.05, 4.69) is 59.8 Å². The predicted octanol–water partition coefficient (Wildman–Crippen LogP) is 3.90. The van der Waals surface area contributed by atoms with Gasteiger partial charge in [0.1, 0.15) is 5.82 Å². The molecule has 0 amide bonds. The van der Waals surface area contributed by atoms with E-state index in [0.29, 0.717) is 0 Å². The molecule has 120 valence electrons. The minimum atomic E-state index is 1.07. The van der Waals surface area contributed by atoms with E-state index in [9.17, 15) is 0 Å². The van der Waals surface area contributed by atoms with Crippen LogP contribution in [0.1, 0.15) is 33.6 Å². The predicted molar refractivity (Wildman–Crippen MR) is 95.3 cm³/mol. The summed E-state index contributed by atoms with van der Waals surface area (Å²) in [5.74, 6) is 1.11. The smallest absolute Gasteiger partial charge is 0.128 e. The Labute approximate surface area is 135 Å². The van der Waals surface area contributed by atoms with Gasteiger partial charge >= 0.3 is 0 Å². The summed E-state index contributed by atoms with van der Waals surface area (Å²) in [5, 5.41) is 0. The molecule has 0 bridgehead atoms. The Balaban J connectivity index is 1.72. The van der Waals surface area contributed by atoms with Crippen LogP contribution in [-0.4, -0.2) is 42.6 Å². The number of pyridine rings is 1. The standard InChI is InChI=1S/C19H29N3/c1-17(2)7-6-8-18(3)10-12-21-13-15-22(16-14-21)19-9-4-5-11-20-19/h4-5,7,9-11H,6,8,12-16H2,1-3H3. The van der Waals surface area contributed by atoms with Crippen LogP contribution in [0, 0.1) is 0 Å². The molecule has 1 saturated heterocycles. The molecule has 2 heterocycles. The molecular weight excluding hydrogens is 270 g/mol. The van der Waals surface area contributed by atoms with Crippen molar-refractivity contribution in [3.63, 3.8) is 0 Å². The molecule has 1 aromatic rings. The highest BCUT2D eigenvalue weighted by Gasteiger charge is 2.16. The fourth-order valence-electron chi connectivity index (χ4n) is 2.68. The van der Waals surface area contributed by atoms with E-state index in [-0.39, 0.29) is 0 Å². The third kappa shape index (κ3) is 5.64. The number of rotatable bonds is 6. The number of allylic oxidation sites excluding steroid dienone is 3. The molecule has 0 aliphatic carbocycles. The van der Waals surface area contributed by atoms with Crippen LogP contribution in [0.25, 0.3) is 0 Å². The van der Waals surface area contributed by atoms with Gasteiger partial charge in [-0.15, -0.1) is 0 Å². The Morgan fingerprint density at radius 2 is 1.86 bits per heavy atom. The monoisotopic (exact) mass is 299 g/mol. The summed E-state index contributed by atoms with van der Waals surface area (Å²) in [5.41, 5.74) is 2.92. The maximum absolute atomic E-state index is 4.44. The van der Waals surface area contributed by atoms with Gasteiger partial charge in [-0.2, -0.15) is 0 Å². The van der Waals surface area contributed by atoms with E-state index in [1.165, 1.54) is 17.6 Å². The molecule has 0 saturated carbocycles. The van der Waals surface area contributed by atoms with Crippen molar-refractivity contribution in [2.75, 3.05) is 37.6 Å². The number of nitrogens with zero attached hydrogens (tertiary/aromatic N) is 3. The number of piperazine rings is 1. The van der Waals surface area contributed by atoms with E-state index in [1.807, 2.05) is 12.3 Å². The normalized spacial score (nSPS) is 16.7. The van der Waals surface area contributed by atoms with Crippen molar-refractivity contribution >= 4 is 5.82 Å². The lowest BCUT2D eigenvalue weighted by atomic mass is 10.1. The lowest BCUT2D eigenvalue weighted by molar-refractivity contribution is 0.283. The van der Waals surface area contributed by atoms with E-state index >= 15 is 0 Å². The van der Waals surface area contributed by atoms with Crippen LogP contribution in [0.3, 0.4) is 0 Å². The van der Waals surface area contributed by atoms with Gasteiger partial charge in [0.15, 0.2) is 0 Å². The third-order valence-electron chi connectivity index (χ3n) is 4.13. The zero-order valence-corrected chi connectivity index (χ0v) is 14.3. The molecule has 0 N–H and O–H groups in total.